The number of nitrogens with zero attached hydrogens (tertiary/aromatic N) is 1. The van der Waals surface area contributed by atoms with Crippen molar-refractivity contribution < 1.29 is 8.42 Å². The number of thioether (sulfide) groups is 1. The first kappa shape index (κ1) is 16.6. The predicted octanol–water partition coefficient (Wildman–Crippen LogP) is 3.02. The van der Waals surface area contributed by atoms with Crippen LogP contribution in [0.25, 0.3) is 0 Å². The molecular weight excluding hydrogens is 304 g/mol. The topological polar surface area (TPSA) is 49.4 Å². The molecule has 1 N–H and O–H groups in total. The first-order valence-electron chi connectivity index (χ1n) is 7.25. The Kier molecular flexibility index (Phi) is 5.57. The van der Waals surface area contributed by atoms with Crippen molar-refractivity contribution in [3.63, 3.8) is 0 Å². The standard InChI is InChI=1S/C15H24N2O2S2/c1-17(2)21(18,19)15-10-6-13(7-11-15)16-12-4-8-14(20-3)9-5-12/h6-7,10-12,14,16H,4-5,8-9H2,1-3H3. The number of nitrogens with one attached hydrogen (secondary N) is 1. The SMILES string of the molecule is CSC1CCC(Nc2ccc(S(=O)(=O)N(C)C)cc2)CC1. The highest BCUT2D eigenvalue weighted by molar-refractivity contribution is 7.99. The molecule has 0 radical (unpaired) electrons. The number of sulfonamides is 1. The van der Waals surface area contributed by atoms with E-state index in [4.69, 9.17) is 0 Å². The molecule has 0 amide bonds. The van der Waals surface area contributed by atoms with Crippen LogP contribution in [0.3, 0.4) is 0 Å². The van der Waals surface area contributed by atoms with Gasteiger partial charge in [-0.15, -0.1) is 0 Å². The van der Waals surface area contributed by atoms with Gasteiger partial charge in [-0.2, -0.15) is 11.8 Å². The summed E-state index contributed by atoms with van der Waals surface area (Å²) in [7, 11) is -0.240. The van der Waals surface area contributed by atoms with E-state index < -0.39 is 10.0 Å². The molecule has 0 aliphatic heterocycles. The second-order valence-electron chi connectivity index (χ2n) is 5.67. The zero-order valence-electron chi connectivity index (χ0n) is 12.9. The quantitative estimate of drug-likeness (QED) is 0.902. The summed E-state index contributed by atoms with van der Waals surface area (Å²) in [6, 6.07) is 7.56. The van der Waals surface area contributed by atoms with Gasteiger partial charge in [0, 0.05) is 31.1 Å². The predicted molar refractivity (Wildman–Crippen MR) is 90.5 cm³/mol. The van der Waals surface area contributed by atoms with Gasteiger partial charge in [0.15, 0.2) is 0 Å². The largest absolute Gasteiger partial charge is 0.382 e. The maximum atomic E-state index is 12.0. The van der Waals surface area contributed by atoms with Crippen molar-refractivity contribution in [3.05, 3.63) is 24.3 Å². The maximum Gasteiger partial charge on any atom is 0.242 e. The lowest BCUT2D eigenvalue weighted by Crippen LogP contribution is -2.27. The highest BCUT2D eigenvalue weighted by atomic mass is 32.2. The average Bonchev–Trinajstić information content (AvgIpc) is 2.48. The Balaban J connectivity index is 1.97. The van der Waals surface area contributed by atoms with Gasteiger partial charge in [0.25, 0.3) is 0 Å². The molecule has 0 bridgehead atoms. The van der Waals surface area contributed by atoms with Crippen LogP contribution in [0, 0.1) is 0 Å². The van der Waals surface area contributed by atoms with Crippen molar-refractivity contribution in [3.8, 4) is 0 Å². The zero-order valence-corrected chi connectivity index (χ0v) is 14.5. The highest BCUT2D eigenvalue weighted by Gasteiger charge is 2.21. The zero-order chi connectivity index (χ0) is 15.5. The lowest BCUT2D eigenvalue weighted by atomic mass is 9.95. The molecule has 0 atom stereocenters. The van der Waals surface area contributed by atoms with Crippen LogP contribution in [0.15, 0.2) is 29.2 Å². The van der Waals surface area contributed by atoms with Gasteiger partial charge in [-0.3, -0.25) is 0 Å². The first-order chi connectivity index (χ1) is 9.93. The monoisotopic (exact) mass is 328 g/mol. The minimum Gasteiger partial charge on any atom is -0.382 e. The van der Waals surface area contributed by atoms with Gasteiger partial charge in [-0.1, -0.05) is 0 Å². The van der Waals surface area contributed by atoms with Crippen LogP contribution in [0.4, 0.5) is 5.69 Å². The lowest BCUT2D eigenvalue weighted by molar-refractivity contribution is 0.473. The Bertz CT molecular complexity index is 548. The second kappa shape index (κ2) is 7.03. The van der Waals surface area contributed by atoms with Crippen molar-refractivity contribution in [2.24, 2.45) is 0 Å². The van der Waals surface area contributed by atoms with Crippen LogP contribution in [-0.2, 0) is 10.0 Å². The summed E-state index contributed by atoms with van der Waals surface area (Å²) in [5, 5.41) is 4.32. The summed E-state index contributed by atoms with van der Waals surface area (Å²) < 4.78 is 25.2. The molecule has 1 saturated carbocycles. The molecule has 0 saturated heterocycles. The summed E-state index contributed by atoms with van der Waals surface area (Å²) in [6.07, 6.45) is 7.06. The van der Waals surface area contributed by atoms with Gasteiger partial charge in [0.05, 0.1) is 4.90 Å². The fraction of sp³-hybridized carbons (Fsp3) is 0.600. The molecule has 118 valence electrons. The van der Waals surface area contributed by atoms with Gasteiger partial charge in [0.2, 0.25) is 10.0 Å². The van der Waals surface area contributed by atoms with E-state index in [0.29, 0.717) is 10.9 Å². The highest BCUT2D eigenvalue weighted by Crippen LogP contribution is 2.29. The minimum absolute atomic E-state index is 0.337. The Morgan fingerprint density at radius 3 is 2.14 bits per heavy atom. The van der Waals surface area contributed by atoms with Gasteiger partial charge in [-0.25, -0.2) is 12.7 Å². The van der Waals surface area contributed by atoms with E-state index in [-0.39, 0.29) is 0 Å². The van der Waals surface area contributed by atoms with Crippen LogP contribution in [0.1, 0.15) is 25.7 Å². The second-order valence-corrected chi connectivity index (χ2v) is 8.96. The molecule has 0 spiro atoms. The first-order valence-corrected chi connectivity index (χ1v) is 9.98. The van der Waals surface area contributed by atoms with E-state index in [1.54, 1.807) is 26.2 Å². The van der Waals surface area contributed by atoms with E-state index in [2.05, 4.69) is 11.6 Å². The third-order valence-corrected chi connectivity index (χ3v) is 6.98. The van der Waals surface area contributed by atoms with E-state index in [9.17, 15) is 8.42 Å². The van der Waals surface area contributed by atoms with Crippen LogP contribution >= 0.6 is 11.8 Å². The third kappa shape index (κ3) is 4.14. The van der Waals surface area contributed by atoms with Crippen molar-refractivity contribution in [2.45, 2.75) is 41.9 Å². The Labute approximate surface area is 132 Å². The van der Waals surface area contributed by atoms with Crippen molar-refractivity contribution in [2.75, 3.05) is 25.7 Å². The summed E-state index contributed by atoms with van der Waals surface area (Å²) >= 11 is 1.96. The Morgan fingerprint density at radius 2 is 1.67 bits per heavy atom. The van der Waals surface area contributed by atoms with E-state index in [1.165, 1.54) is 30.0 Å². The number of anilines is 1. The van der Waals surface area contributed by atoms with Crippen molar-refractivity contribution >= 4 is 27.5 Å². The summed E-state index contributed by atoms with van der Waals surface area (Å²) in [5.74, 6) is 0. The number of hydrogen-bond acceptors (Lipinski definition) is 4. The molecule has 0 unspecified atom stereocenters. The summed E-state index contributed by atoms with van der Waals surface area (Å²) in [6.45, 7) is 0. The van der Waals surface area contributed by atoms with Gasteiger partial charge in [0.1, 0.15) is 0 Å². The van der Waals surface area contributed by atoms with Crippen LogP contribution in [-0.4, -0.2) is 44.4 Å². The summed E-state index contributed by atoms with van der Waals surface area (Å²) in [4.78, 5) is 0.337. The Morgan fingerprint density at radius 1 is 1.10 bits per heavy atom. The van der Waals surface area contributed by atoms with E-state index in [1.807, 2.05) is 23.9 Å². The fourth-order valence-corrected chi connectivity index (χ4v) is 4.26. The molecule has 1 aromatic carbocycles. The molecular formula is C15H24N2O2S2. The van der Waals surface area contributed by atoms with Gasteiger partial charge >= 0.3 is 0 Å². The molecule has 4 nitrogen and oxygen atoms in total. The lowest BCUT2D eigenvalue weighted by Gasteiger charge is -2.28. The number of hydrogen-bond donors (Lipinski definition) is 1. The molecule has 2 rings (SSSR count). The van der Waals surface area contributed by atoms with E-state index >= 15 is 0 Å². The molecule has 6 heteroatoms. The minimum atomic E-state index is -3.33. The van der Waals surface area contributed by atoms with Gasteiger partial charge in [-0.05, 0) is 56.2 Å². The molecule has 1 aliphatic rings. The molecule has 1 fully saturated rings. The summed E-state index contributed by atoms with van der Waals surface area (Å²) in [5.41, 5.74) is 1.00. The van der Waals surface area contributed by atoms with Crippen molar-refractivity contribution in [1.29, 1.82) is 0 Å². The molecule has 21 heavy (non-hydrogen) atoms. The van der Waals surface area contributed by atoms with Crippen LogP contribution < -0.4 is 5.32 Å². The third-order valence-electron chi connectivity index (χ3n) is 4.01. The number of rotatable bonds is 5. The molecule has 1 aliphatic carbocycles. The smallest absolute Gasteiger partial charge is 0.242 e. The van der Waals surface area contributed by atoms with Crippen LogP contribution in [0.2, 0.25) is 0 Å². The fourth-order valence-electron chi connectivity index (χ4n) is 2.61. The van der Waals surface area contributed by atoms with Crippen LogP contribution in [0.5, 0.6) is 0 Å². The van der Waals surface area contributed by atoms with Gasteiger partial charge < -0.3 is 5.32 Å². The maximum absolute atomic E-state index is 12.0. The Hall–Kier alpha value is -0.720. The number of benzene rings is 1. The molecule has 0 aromatic heterocycles. The van der Waals surface area contributed by atoms with E-state index in [0.717, 1.165) is 10.9 Å². The normalized spacial score (nSPS) is 23.2. The average molecular weight is 329 g/mol. The van der Waals surface area contributed by atoms with Crippen molar-refractivity contribution in [1.82, 2.24) is 4.31 Å². The molecule has 0 heterocycles. The molecule has 1 aromatic rings.